The molecular formula is C18H17F3N4. The topological polar surface area (TPSA) is 44.8 Å². The predicted octanol–water partition coefficient (Wildman–Crippen LogP) is 3.84. The summed E-state index contributed by atoms with van der Waals surface area (Å²) in [5, 5.41) is 1.16. The van der Waals surface area contributed by atoms with E-state index >= 15 is 0 Å². The molecule has 0 bridgehead atoms. The smallest absolute Gasteiger partial charge is 0.358 e. The fraction of sp³-hybridized carbons (Fsp3) is 0.333. The van der Waals surface area contributed by atoms with Gasteiger partial charge in [0, 0.05) is 42.4 Å². The second kappa shape index (κ2) is 5.84. The SMILES string of the molecule is Cc1[nH]c2ccccc2c1CN1CCc2cnc(C(F)(F)F)nc2C1. The van der Waals surface area contributed by atoms with Gasteiger partial charge < -0.3 is 4.98 Å². The summed E-state index contributed by atoms with van der Waals surface area (Å²) in [5.41, 5.74) is 4.63. The minimum atomic E-state index is -4.51. The van der Waals surface area contributed by atoms with Gasteiger partial charge in [-0.3, -0.25) is 4.90 Å². The first kappa shape index (κ1) is 16.1. The van der Waals surface area contributed by atoms with Crippen LogP contribution in [0.3, 0.4) is 0 Å². The molecule has 1 N–H and O–H groups in total. The lowest BCUT2D eigenvalue weighted by Crippen LogP contribution is -2.32. The summed E-state index contributed by atoms with van der Waals surface area (Å²) >= 11 is 0. The fourth-order valence-electron chi connectivity index (χ4n) is 3.39. The van der Waals surface area contributed by atoms with Crippen molar-refractivity contribution in [1.29, 1.82) is 0 Å². The van der Waals surface area contributed by atoms with Crippen LogP contribution in [-0.2, 0) is 25.7 Å². The van der Waals surface area contributed by atoms with E-state index in [0.29, 0.717) is 25.2 Å². The molecule has 0 fully saturated rings. The maximum Gasteiger partial charge on any atom is 0.451 e. The van der Waals surface area contributed by atoms with Gasteiger partial charge in [0.1, 0.15) is 0 Å². The molecule has 0 spiro atoms. The van der Waals surface area contributed by atoms with Crippen molar-refractivity contribution in [1.82, 2.24) is 19.9 Å². The summed E-state index contributed by atoms with van der Waals surface area (Å²) in [6.07, 6.45) is -2.53. The number of fused-ring (bicyclic) bond motifs is 2. The van der Waals surface area contributed by atoms with Gasteiger partial charge in [0.15, 0.2) is 0 Å². The van der Waals surface area contributed by atoms with Crippen molar-refractivity contribution < 1.29 is 13.2 Å². The van der Waals surface area contributed by atoms with Gasteiger partial charge in [0.25, 0.3) is 0 Å². The molecule has 4 rings (SSSR count). The second-order valence-electron chi connectivity index (χ2n) is 6.40. The normalized spacial score (nSPS) is 15.5. The van der Waals surface area contributed by atoms with Crippen molar-refractivity contribution in [2.45, 2.75) is 32.6 Å². The number of halogens is 3. The highest BCUT2D eigenvalue weighted by Gasteiger charge is 2.35. The number of alkyl halides is 3. The number of aromatic amines is 1. The van der Waals surface area contributed by atoms with E-state index in [1.54, 1.807) is 0 Å². The predicted molar refractivity (Wildman–Crippen MR) is 87.9 cm³/mol. The molecule has 1 aromatic carbocycles. The van der Waals surface area contributed by atoms with Gasteiger partial charge in [-0.05, 0) is 30.5 Å². The third-order valence-electron chi connectivity index (χ3n) is 4.69. The lowest BCUT2D eigenvalue weighted by atomic mass is 10.0. The number of H-pyrrole nitrogens is 1. The summed E-state index contributed by atoms with van der Waals surface area (Å²) in [6, 6.07) is 8.07. The summed E-state index contributed by atoms with van der Waals surface area (Å²) in [5.74, 6) is -1.06. The molecule has 4 nitrogen and oxygen atoms in total. The van der Waals surface area contributed by atoms with Gasteiger partial charge in [0.05, 0.1) is 5.69 Å². The molecule has 1 aliphatic heterocycles. The summed E-state index contributed by atoms with van der Waals surface area (Å²) in [4.78, 5) is 12.7. The highest BCUT2D eigenvalue weighted by atomic mass is 19.4. The summed E-state index contributed by atoms with van der Waals surface area (Å²) in [6.45, 7) is 3.89. The average molecular weight is 346 g/mol. The molecule has 0 amide bonds. The second-order valence-corrected chi connectivity index (χ2v) is 6.40. The Morgan fingerprint density at radius 2 is 2.04 bits per heavy atom. The lowest BCUT2D eigenvalue weighted by Gasteiger charge is -2.28. The Labute approximate surface area is 142 Å². The Morgan fingerprint density at radius 1 is 1.24 bits per heavy atom. The molecule has 2 aromatic heterocycles. The van der Waals surface area contributed by atoms with Gasteiger partial charge in [-0.25, -0.2) is 9.97 Å². The van der Waals surface area contributed by atoms with Gasteiger partial charge in [-0.1, -0.05) is 18.2 Å². The monoisotopic (exact) mass is 346 g/mol. The molecular weight excluding hydrogens is 329 g/mol. The number of nitrogens with one attached hydrogen (secondary N) is 1. The zero-order chi connectivity index (χ0) is 17.6. The molecule has 3 aromatic rings. The number of rotatable bonds is 2. The van der Waals surface area contributed by atoms with E-state index in [9.17, 15) is 13.2 Å². The number of para-hydroxylation sites is 1. The highest BCUT2D eigenvalue weighted by Crippen LogP contribution is 2.29. The van der Waals surface area contributed by atoms with Gasteiger partial charge in [0.2, 0.25) is 5.82 Å². The molecule has 0 saturated heterocycles. The quantitative estimate of drug-likeness (QED) is 0.767. The van der Waals surface area contributed by atoms with Crippen molar-refractivity contribution >= 4 is 10.9 Å². The Kier molecular flexibility index (Phi) is 3.76. The van der Waals surface area contributed by atoms with Crippen LogP contribution in [0, 0.1) is 6.92 Å². The minimum Gasteiger partial charge on any atom is -0.358 e. The molecule has 0 radical (unpaired) electrons. The van der Waals surface area contributed by atoms with E-state index in [4.69, 9.17) is 0 Å². The molecule has 1 aliphatic rings. The average Bonchev–Trinajstić information content (AvgIpc) is 2.89. The lowest BCUT2D eigenvalue weighted by molar-refractivity contribution is -0.145. The van der Waals surface area contributed by atoms with Crippen LogP contribution in [0.1, 0.15) is 28.3 Å². The molecule has 130 valence electrons. The first-order valence-corrected chi connectivity index (χ1v) is 8.12. The van der Waals surface area contributed by atoms with Gasteiger partial charge in [-0.15, -0.1) is 0 Å². The molecule has 0 aliphatic carbocycles. The zero-order valence-electron chi connectivity index (χ0n) is 13.7. The standard InChI is InChI=1S/C18H17F3N4/c1-11-14(13-4-2-3-5-15(13)23-11)9-25-7-6-12-8-22-17(18(19,20)21)24-16(12)10-25/h2-5,8,23H,6-7,9-10H2,1H3. The van der Waals surface area contributed by atoms with E-state index in [2.05, 4.69) is 25.9 Å². The number of nitrogens with zero attached hydrogens (tertiary/aromatic N) is 3. The van der Waals surface area contributed by atoms with Gasteiger partial charge >= 0.3 is 6.18 Å². The maximum atomic E-state index is 12.8. The number of hydrogen-bond acceptors (Lipinski definition) is 3. The number of aryl methyl sites for hydroxylation is 1. The first-order chi connectivity index (χ1) is 11.9. The van der Waals surface area contributed by atoms with Crippen LogP contribution < -0.4 is 0 Å². The van der Waals surface area contributed by atoms with Crippen LogP contribution in [-0.4, -0.2) is 26.4 Å². The Balaban J connectivity index is 1.61. The molecule has 0 unspecified atom stereocenters. The molecule has 25 heavy (non-hydrogen) atoms. The largest absolute Gasteiger partial charge is 0.451 e. The molecule has 0 atom stereocenters. The van der Waals surface area contributed by atoms with Crippen molar-refractivity contribution in [3.8, 4) is 0 Å². The van der Waals surface area contributed by atoms with E-state index in [1.165, 1.54) is 11.8 Å². The summed E-state index contributed by atoms with van der Waals surface area (Å²) < 4.78 is 38.5. The van der Waals surface area contributed by atoms with Crippen molar-refractivity contribution in [3.63, 3.8) is 0 Å². The van der Waals surface area contributed by atoms with E-state index in [0.717, 1.165) is 28.7 Å². The molecule has 3 heterocycles. The van der Waals surface area contributed by atoms with Gasteiger partial charge in [-0.2, -0.15) is 13.2 Å². The Hall–Kier alpha value is -2.41. The van der Waals surface area contributed by atoms with Crippen LogP contribution >= 0.6 is 0 Å². The molecule has 0 saturated carbocycles. The van der Waals surface area contributed by atoms with E-state index in [1.807, 2.05) is 25.1 Å². The number of hydrogen-bond donors (Lipinski definition) is 1. The summed E-state index contributed by atoms with van der Waals surface area (Å²) in [7, 11) is 0. The van der Waals surface area contributed by atoms with Crippen LogP contribution in [0.15, 0.2) is 30.5 Å². The Bertz CT molecular complexity index is 930. The van der Waals surface area contributed by atoms with Crippen molar-refractivity contribution in [2.24, 2.45) is 0 Å². The third kappa shape index (κ3) is 3.00. The van der Waals surface area contributed by atoms with E-state index < -0.39 is 12.0 Å². The van der Waals surface area contributed by atoms with Crippen LogP contribution in [0.5, 0.6) is 0 Å². The van der Waals surface area contributed by atoms with E-state index in [-0.39, 0.29) is 0 Å². The van der Waals surface area contributed by atoms with Crippen molar-refractivity contribution in [2.75, 3.05) is 6.54 Å². The Morgan fingerprint density at radius 3 is 2.84 bits per heavy atom. The van der Waals surface area contributed by atoms with Crippen LogP contribution in [0.25, 0.3) is 10.9 Å². The van der Waals surface area contributed by atoms with Crippen molar-refractivity contribution in [3.05, 3.63) is 58.8 Å². The highest BCUT2D eigenvalue weighted by molar-refractivity contribution is 5.84. The molecule has 7 heteroatoms. The third-order valence-corrected chi connectivity index (χ3v) is 4.69. The van der Waals surface area contributed by atoms with Crippen LogP contribution in [0.2, 0.25) is 0 Å². The number of benzene rings is 1. The van der Waals surface area contributed by atoms with Crippen LogP contribution in [0.4, 0.5) is 13.2 Å². The minimum absolute atomic E-state index is 0.403. The fourth-order valence-corrected chi connectivity index (χ4v) is 3.39. The number of aromatic nitrogens is 3. The first-order valence-electron chi connectivity index (χ1n) is 8.12. The zero-order valence-corrected chi connectivity index (χ0v) is 13.7. The maximum absolute atomic E-state index is 12.8.